The second kappa shape index (κ2) is 3.73. The summed E-state index contributed by atoms with van der Waals surface area (Å²) in [4.78, 5) is 0. The van der Waals surface area contributed by atoms with Crippen molar-refractivity contribution < 1.29 is 22.0 Å². The Balaban J connectivity index is 3.37. The maximum absolute atomic E-state index is 12.6. The van der Waals surface area contributed by atoms with E-state index in [4.69, 9.17) is 11.6 Å². The minimum Gasteiger partial charge on any atom is -0.246 e. The summed E-state index contributed by atoms with van der Waals surface area (Å²) in [5.41, 5.74) is -1.86. The van der Waals surface area contributed by atoms with Crippen LogP contribution < -0.4 is 0 Å². The van der Waals surface area contributed by atoms with Gasteiger partial charge in [-0.05, 0) is 12.1 Å². The normalized spacial score (nSPS) is 11.9. The van der Waals surface area contributed by atoms with Crippen LogP contribution in [0, 0.1) is 5.82 Å². The monoisotopic (exact) mass is 230 g/mol. The molecule has 1 aromatic rings. The van der Waals surface area contributed by atoms with E-state index in [0.717, 1.165) is 0 Å². The molecule has 0 fully saturated rings. The van der Waals surface area contributed by atoms with E-state index in [0.29, 0.717) is 6.07 Å². The zero-order chi connectivity index (χ0) is 10.9. The Bertz CT molecular complexity index is 344. The molecule has 0 aliphatic carbocycles. The van der Waals surface area contributed by atoms with Crippen molar-refractivity contribution in [1.29, 1.82) is 0 Å². The molecular formula is C8H4ClF5. The van der Waals surface area contributed by atoms with E-state index in [2.05, 4.69) is 0 Å². The summed E-state index contributed by atoms with van der Waals surface area (Å²) < 4.78 is 61.2. The molecule has 0 saturated carbocycles. The van der Waals surface area contributed by atoms with Crippen LogP contribution in [0.1, 0.15) is 11.1 Å². The molecule has 78 valence electrons. The van der Waals surface area contributed by atoms with Gasteiger partial charge in [0.15, 0.2) is 0 Å². The largest absolute Gasteiger partial charge is 0.417 e. The van der Waals surface area contributed by atoms with Gasteiger partial charge in [-0.1, -0.05) is 11.6 Å². The Morgan fingerprint density at radius 2 is 1.79 bits per heavy atom. The van der Waals surface area contributed by atoms with E-state index in [1.807, 2.05) is 0 Å². The molecule has 0 atom stereocenters. The van der Waals surface area contributed by atoms with Gasteiger partial charge >= 0.3 is 6.18 Å². The second-order valence-corrected chi connectivity index (χ2v) is 2.94. The van der Waals surface area contributed by atoms with Crippen molar-refractivity contribution in [1.82, 2.24) is 0 Å². The van der Waals surface area contributed by atoms with E-state index in [1.54, 1.807) is 0 Å². The van der Waals surface area contributed by atoms with Gasteiger partial charge in [0, 0.05) is 5.56 Å². The maximum atomic E-state index is 12.6. The highest BCUT2D eigenvalue weighted by molar-refractivity contribution is 6.32. The molecule has 0 radical (unpaired) electrons. The predicted octanol–water partition coefficient (Wildman–Crippen LogP) is 3.97. The van der Waals surface area contributed by atoms with Crippen molar-refractivity contribution in [2.45, 2.75) is 12.9 Å². The lowest BCUT2D eigenvalue weighted by Gasteiger charge is -2.10. The molecule has 1 aromatic carbocycles. The van der Waals surface area contributed by atoms with Crippen LogP contribution in [0.25, 0.3) is 0 Å². The topological polar surface area (TPSA) is 0 Å². The molecule has 0 spiro atoms. The highest BCUT2D eigenvalue weighted by Gasteiger charge is 2.34. The van der Waals surface area contributed by atoms with E-state index in [-0.39, 0.29) is 6.07 Å². The van der Waals surface area contributed by atoms with Crippen LogP contribution in [0.2, 0.25) is 5.02 Å². The van der Waals surface area contributed by atoms with Crippen LogP contribution in [-0.4, -0.2) is 0 Å². The van der Waals surface area contributed by atoms with Crippen LogP contribution in [-0.2, 0) is 12.9 Å². The third kappa shape index (κ3) is 2.15. The zero-order valence-electron chi connectivity index (χ0n) is 6.63. The van der Waals surface area contributed by atoms with E-state index >= 15 is 0 Å². The summed E-state index contributed by atoms with van der Waals surface area (Å²) in [6.07, 6.45) is -4.77. The molecule has 0 heterocycles. The predicted molar refractivity (Wildman–Crippen MR) is 41.2 cm³/mol. The van der Waals surface area contributed by atoms with Gasteiger partial charge in [-0.3, -0.25) is 0 Å². The van der Waals surface area contributed by atoms with Gasteiger partial charge in [0.25, 0.3) is 0 Å². The first-order chi connectivity index (χ1) is 6.36. The lowest BCUT2D eigenvalue weighted by molar-refractivity contribution is -0.137. The zero-order valence-corrected chi connectivity index (χ0v) is 7.39. The lowest BCUT2D eigenvalue weighted by atomic mass is 10.1. The molecule has 0 saturated heterocycles. The Morgan fingerprint density at radius 1 is 1.21 bits per heavy atom. The van der Waals surface area contributed by atoms with Gasteiger partial charge in [-0.2, -0.15) is 13.2 Å². The van der Waals surface area contributed by atoms with Gasteiger partial charge in [0.1, 0.15) is 12.5 Å². The van der Waals surface area contributed by atoms with Crippen molar-refractivity contribution in [2.24, 2.45) is 0 Å². The molecule has 0 amide bonds. The van der Waals surface area contributed by atoms with Crippen LogP contribution in [0.4, 0.5) is 22.0 Å². The Hall–Kier alpha value is -0.840. The summed E-state index contributed by atoms with van der Waals surface area (Å²) >= 11 is 5.24. The van der Waals surface area contributed by atoms with Gasteiger partial charge < -0.3 is 0 Å². The Kier molecular flexibility index (Phi) is 2.99. The van der Waals surface area contributed by atoms with Crippen molar-refractivity contribution >= 4 is 11.6 Å². The molecule has 0 aromatic heterocycles. The highest BCUT2D eigenvalue weighted by Crippen LogP contribution is 2.37. The van der Waals surface area contributed by atoms with Crippen molar-refractivity contribution in [3.63, 3.8) is 0 Å². The van der Waals surface area contributed by atoms with E-state index < -0.39 is 34.8 Å². The first-order valence-corrected chi connectivity index (χ1v) is 3.85. The molecule has 0 N–H and O–H groups in total. The average molecular weight is 231 g/mol. The fourth-order valence-corrected chi connectivity index (χ4v) is 1.22. The Labute approximate surface area is 81.3 Å². The second-order valence-electron chi connectivity index (χ2n) is 2.56. The fraction of sp³-hybridized carbons (Fsp3) is 0.250. The van der Waals surface area contributed by atoms with E-state index in [1.165, 1.54) is 0 Å². The number of hydrogen-bond acceptors (Lipinski definition) is 0. The van der Waals surface area contributed by atoms with Crippen molar-refractivity contribution in [3.05, 3.63) is 34.1 Å². The maximum Gasteiger partial charge on any atom is 0.417 e. The Morgan fingerprint density at radius 3 is 2.21 bits per heavy atom. The number of hydrogen-bond donors (Lipinski definition) is 0. The van der Waals surface area contributed by atoms with Gasteiger partial charge in [-0.15, -0.1) is 0 Å². The molecule has 1 rings (SSSR count). The lowest BCUT2D eigenvalue weighted by Crippen LogP contribution is -2.07. The molecule has 0 unspecified atom stereocenters. The highest BCUT2D eigenvalue weighted by atomic mass is 35.5. The minimum absolute atomic E-state index is 0.238. The SMILES string of the molecule is FCc1cc(F)cc(C(F)(F)F)c1Cl. The molecule has 0 aliphatic heterocycles. The summed E-state index contributed by atoms with van der Waals surface area (Å²) in [5.74, 6) is -1.16. The smallest absolute Gasteiger partial charge is 0.246 e. The average Bonchev–Trinajstić information content (AvgIpc) is 2.06. The molecule has 0 bridgehead atoms. The molecular weight excluding hydrogens is 227 g/mol. The first kappa shape index (κ1) is 11.2. The summed E-state index contributed by atoms with van der Waals surface area (Å²) in [5, 5.41) is -0.790. The van der Waals surface area contributed by atoms with Crippen LogP contribution in [0.15, 0.2) is 12.1 Å². The number of alkyl halides is 4. The number of rotatable bonds is 1. The van der Waals surface area contributed by atoms with Crippen LogP contribution in [0.5, 0.6) is 0 Å². The number of halogens is 6. The van der Waals surface area contributed by atoms with Gasteiger partial charge in [0.2, 0.25) is 0 Å². The standard InChI is InChI=1S/C8H4ClF5/c9-7-4(3-10)1-5(11)2-6(7)8(12,13)14/h1-2H,3H2. The summed E-state index contributed by atoms with van der Waals surface area (Å²) in [6, 6.07) is 0.874. The summed E-state index contributed by atoms with van der Waals surface area (Å²) in [6.45, 7) is -1.24. The van der Waals surface area contributed by atoms with Crippen LogP contribution >= 0.6 is 11.6 Å². The minimum atomic E-state index is -4.77. The fourth-order valence-electron chi connectivity index (χ4n) is 0.949. The van der Waals surface area contributed by atoms with Crippen molar-refractivity contribution in [3.8, 4) is 0 Å². The number of benzene rings is 1. The third-order valence-corrected chi connectivity index (χ3v) is 2.01. The quantitative estimate of drug-likeness (QED) is 0.641. The van der Waals surface area contributed by atoms with E-state index in [9.17, 15) is 22.0 Å². The third-order valence-electron chi connectivity index (χ3n) is 1.56. The van der Waals surface area contributed by atoms with Crippen molar-refractivity contribution in [2.75, 3.05) is 0 Å². The summed E-state index contributed by atoms with van der Waals surface area (Å²) in [7, 11) is 0. The molecule has 0 nitrogen and oxygen atoms in total. The molecule has 6 heteroatoms. The van der Waals surface area contributed by atoms with Gasteiger partial charge in [-0.25, -0.2) is 8.78 Å². The molecule has 14 heavy (non-hydrogen) atoms. The molecule has 0 aliphatic rings. The first-order valence-electron chi connectivity index (χ1n) is 3.47. The van der Waals surface area contributed by atoms with Crippen LogP contribution in [0.3, 0.4) is 0 Å². The van der Waals surface area contributed by atoms with Gasteiger partial charge in [0.05, 0.1) is 10.6 Å².